The van der Waals surface area contributed by atoms with E-state index in [0.717, 1.165) is 21.3 Å². The number of hydrogen-bond acceptors (Lipinski definition) is 4. The van der Waals surface area contributed by atoms with Crippen LogP contribution >= 0.6 is 11.3 Å². The Morgan fingerprint density at radius 3 is 2.71 bits per heavy atom. The molecule has 0 aliphatic rings. The van der Waals surface area contributed by atoms with Gasteiger partial charge in [0.1, 0.15) is 4.88 Å². The number of rotatable bonds is 5. The van der Waals surface area contributed by atoms with Crippen molar-refractivity contribution in [2.75, 3.05) is 0 Å². The third-order valence-corrected chi connectivity index (χ3v) is 4.32. The van der Waals surface area contributed by atoms with E-state index < -0.39 is 5.97 Å². The van der Waals surface area contributed by atoms with E-state index in [0.29, 0.717) is 11.5 Å². The lowest BCUT2D eigenvalue weighted by molar-refractivity contribution is 0.0690. The first-order valence-electron chi connectivity index (χ1n) is 6.47. The molecular formula is C16H13NO3S. The van der Waals surface area contributed by atoms with Gasteiger partial charge in [0.05, 0.1) is 18.9 Å². The summed E-state index contributed by atoms with van der Waals surface area (Å²) in [4.78, 5) is 15.9. The summed E-state index contributed by atoms with van der Waals surface area (Å²) in [5, 5.41) is 10.3. The molecule has 1 N–H and O–H groups in total. The Bertz CT molecular complexity index is 768. The first-order chi connectivity index (χ1) is 10.3. The Morgan fingerprint density at radius 2 is 1.95 bits per heavy atom. The van der Waals surface area contributed by atoms with Crippen molar-refractivity contribution >= 4 is 27.4 Å². The summed E-state index contributed by atoms with van der Waals surface area (Å²) < 4.78 is 6.61. The number of carboxylic acid groups (broad SMARTS) is 1. The first kappa shape index (κ1) is 13.7. The predicted octanol–water partition coefficient (Wildman–Crippen LogP) is 3.71. The lowest BCUT2D eigenvalue weighted by atomic mass is 10.1. The van der Waals surface area contributed by atoms with Gasteiger partial charge in [0.25, 0.3) is 0 Å². The Morgan fingerprint density at radius 1 is 1.14 bits per heavy atom. The van der Waals surface area contributed by atoms with Gasteiger partial charge in [-0.05, 0) is 23.6 Å². The van der Waals surface area contributed by atoms with E-state index >= 15 is 0 Å². The summed E-state index contributed by atoms with van der Waals surface area (Å²) in [7, 11) is 0. The van der Waals surface area contributed by atoms with Crippen LogP contribution in [0.15, 0.2) is 48.7 Å². The molecule has 3 aromatic rings. The maximum atomic E-state index is 11.4. The number of fused-ring (bicyclic) bond motifs is 1. The van der Waals surface area contributed by atoms with Gasteiger partial charge in [-0.2, -0.15) is 0 Å². The molecule has 5 heteroatoms. The van der Waals surface area contributed by atoms with E-state index in [1.54, 1.807) is 6.20 Å². The molecule has 0 radical (unpaired) electrons. The van der Waals surface area contributed by atoms with E-state index in [1.165, 1.54) is 11.3 Å². The maximum Gasteiger partial charge on any atom is 0.346 e. The van der Waals surface area contributed by atoms with Crippen LogP contribution in [0, 0.1) is 0 Å². The fourth-order valence-corrected chi connectivity index (χ4v) is 3.20. The lowest BCUT2D eigenvalue weighted by Gasteiger charge is -2.04. The third kappa shape index (κ3) is 2.94. The minimum atomic E-state index is -0.910. The average Bonchev–Trinajstić information content (AvgIpc) is 2.88. The Labute approximate surface area is 125 Å². The van der Waals surface area contributed by atoms with Crippen LogP contribution in [0.3, 0.4) is 0 Å². The van der Waals surface area contributed by atoms with Gasteiger partial charge >= 0.3 is 5.97 Å². The van der Waals surface area contributed by atoms with Crippen LogP contribution in [0.1, 0.15) is 20.9 Å². The van der Waals surface area contributed by atoms with Gasteiger partial charge in [-0.1, -0.05) is 24.3 Å². The Balaban J connectivity index is 1.82. The molecule has 0 bridgehead atoms. The van der Waals surface area contributed by atoms with Gasteiger partial charge in [-0.3, -0.25) is 4.98 Å². The molecule has 4 nitrogen and oxygen atoms in total. The molecule has 0 saturated carbocycles. The zero-order valence-corrected chi connectivity index (χ0v) is 12.0. The number of aromatic carboxylic acids is 1. The molecule has 2 heterocycles. The van der Waals surface area contributed by atoms with Crippen LogP contribution in [0.4, 0.5) is 0 Å². The fourth-order valence-electron chi connectivity index (χ4n) is 2.16. The van der Waals surface area contributed by atoms with Crippen molar-refractivity contribution in [3.8, 4) is 0 Å². The van der Waals surface area contributed by atoms with E-state index in [4.69, 9.17) is 4.74 Å². The first-order valence-corrected chi connectivity index (χ1v) is 7.28. The molecule has 2 aromatic heterocycles. The van der Waals surface area contributed by atoms with Crippen LogP contribution in [-0.2, 0) is 18.0 Å². The molecule has 106 valence electrons. The van der Waals surface area contributed by atoms with Gasteiger partial charge in [0, 0.05) is 16.5 Å². The van der Waals surface area contributed by atoms with Gasteiger partial charge in [-0.15, -0.1) is 11.3 Å². The molecule has 0 fully saturated rings. The molecular weight excluding hydrogens is 286 g/mol. The summed E-state index contributed by atoms with van der Waals surface area (Å²) in [5.41, 5.74) is 1.56. The molecule has 1 aromatic carbocycles. The normalized spacial score (nSPS) is 10.9. The van der Waals surface area contributed by atoms with Crippen molar-refractivity contribution in [2.45, 2.75) is 13.2 Å². The van der Waals surface area contributed by atoms with Crippen LogP contribution < -0.4 is 0 Å². The molecule has 0 saturated heterocycles. The predicted molar refractivity (Wildman–Crippen MR) is 81.5 cm³/mol. The van der Waals surface area contributed by atoms with Crippen molar-refractivity contribution in [3.05, 3.63) is 64.8 Å². The number of ether oxygens (including phenoxy) is 1. The van der Waals surface area contributed by atoms with E-state index in [9.17, 15) is 9.90 Å². The highest BCUT2D eigenvalue weighted by Crippen LogP contribution is 2.31. The molecule has 0 unspecified atom stereocenters. The minimum absolute atomic E-state index is 0.266. The highest BCUT2D eigenvalue weighted by molar-refractivity contribution is 7.21. The monoisotopic (exact) mass is 299 g/mol. The Kier molecular flexibility index (Phi) is 3.94. The van der Waals surface area contributed by atoms with Crippen LogP contribution in [0.5, 0.6) is 0 Å². The second kappa shape index (κ2) is 6.03. The summed E-state index contributed by atoms with van der Waals surface area (Å²) in [6.07, 6.45) is 1.71. The summed E-state index contributed by atoms with van der Waals surface area (Å²) in [6.45, 7) is 0.631. The van der Waals surface area contributed by atoms with Crippen LogP contribution in [0.2, 0.25) is 0 Å². The van der Waals surface area contributed by atoms with E-state index in [1.807, 2.05) is 42.5 Å². The summed E-state index contributed by atoms with van der Waals surface area (Å²) >= 11 is 1.28. The molecule has 0 aliphatic heterocycles. The lowest BCUT2D eigenvalue weighted by Crippen LogP contribution is -2.01. The zero-order valence-electron chi connectivity index (χ0n) is 11.2. The maximum absolute atomic E-state index is 11.4. The van der Waals surface area contributed by atoms with Crippen molar-refractivity contribution in [3.63, 3.8) is 0 Å². The molecule has 0 atom stereocenters. The number of hydrogen-bond donors (Lipinski definition) is 1. The number of carbonyl (C=O) groups is 1. The number of carboxylic acids is 1. The van der Waals surface area contributed by atoms with Crippen LogP contribution in [0.25, 0.3) is 10.1 Å². The van der Waals surface area contributed by atoms with Gasteiger partial charge < -0.3 is 9.84 Å². The van der Waals surface area contributed by atoms with Gasteiger partial charge in [-0.25, -0.2) is 4.79 Å². The fraction of sp³-hybridized carbons (Fsp3) is 0.125. The number of benzene rings is 1. The topological polar surface area (TPSA) is 59.4 Å². The largest absolute Gasteiger partial charge is 0.477 e. The van der Waals surface area contributed by atoms with Gasteiger partial charge in [0.2, 0.25) is 0 Å². The quantitative estimate of drug-likeness (QED) is 0.780. The zero-order chi connectivity index (χ0) is 14.7. The second-order valence-electron chi connectivity index (χ2n) is 4.52. The summed E-state index contributed by atoms with van der Waals surface area (Å²) in [5.74, 6) is -0.910. The minimum Gasteiger partial charge on any atom is -0.477 e. The van der Waals surface area contributed by atoms with E-state index in [-0.39, 0.29) is 6.61 Å². The van der Waals surface area contributed by atoms with E-state index in [2.05, 4.69) is 4.98 Å². The number of nitrogens with zero attached hydrogens (tertiary/aromatic N) is 1. The second-order valence-corrected chi connectivity index (χ2v) is 5.58. The molecule has 3 rings (SSSR count). The number of thiophene rings is 1. The van der Waals surface area contributed by atoms with Gasteiger partial charge in [0.15, 0.2) is 0 Å². The molecule has 0 spiro atoms. The SMILES string of the molecule is O=C(O)c1sc2ccccc2c1COCc1ccccn1. The van der Waals surface area contributed by atoms with Crippen molar-refractivity contribution in [1.29, 1.82) is 0 Å². The molecule has 0 aliphatic carbocycles. The smallest absolute Gasteiger partial charge is 0.346 e. The van der Waals surface area contributed by atoms with Crippen molar-refractivity contribution < 1.29 is 14.6 Å². The highest BCUT2D eigenvalue weighted by atomic mass is 32.1. The van der Waals surface area contributed by atoms with Crippen molar-refractivity contribution in [2.24, 2.45) is 0 Å². The number of aromatic nitrogens is 1. The standard InChI is InChI=1S/C16H13NO3S/c18-16(19)15-13(12-6-1-2-7-14(12)21-15)10-20-9-11-5-3-4-8-17-11/h1-8H,9-10H2,(H,18,19). The molecule has 0 amide bonds. The summed E-state index contributed by atoms with van der Waals surface area (Å²) in [6, 6.07) is 13.3. The van der Waals surface area contributed by atoms with Crippen molar-refractivity contribution in [1.82, 2.24) is 4.98 Å². The highest BCUT2D eigenvalue weighted by Gasteiger charge is 2.17. The average molecular weight is 299 g/mol. The number of pyridine rings is 1. The molecule has 21 heavy (non-hydrogen) atoms. The van der Waals surface area contributed by atoms with Crippen LogP contribution in [-0.4, -0.2) is 16.1 Å². The Hall–Kier alpha value is -2.24. The third-order valence-electron chi connectivity index (χ3n) is 3.12.